The smallest absolute Gasteiger partial charge is 0.211 e. The van der Waals surface area contributed by atoms with Crippen molar-refractivity contribution in [3.63, 3.8) is 0 Å². The lowest BCUT2D eigenvalue weighted by Gasteiger charge is -2.36. The second-order valence-electron chi connectivity index (χ2n) is 6.31. The van der Waals surface area contributed by atoms with Gasteiger partial charge in [-0.05, 0) is 50.5 Å². The summed E-state index contributed by atoms with van der Waals surface area (Å²) in [6, 6.07) is 0.600. The van der Waals surface area contributed by atoms with E-state index in [0.29, 0.717) is 18.5 Å². The van der Waals surface area contributed by atoms with Gasteiger partial charge in [0.25, 0.3) is 0 Å². The second kappa shape index (κ2) is 6.55. The molecule has 0 spiro atoms. The molecule has 0 radical (unpaired) electrons. The minimum Gasteiger partial charge on any atom is -0.314 e. The maximum Gasteiger partial charge on any atom is 0.211 e. The molecule has 0 aromatic carbocycles. The van der Waals surface area contributed by atoms with Crippen molar-refractivity contribution in [2.24, 2.45) is 11.8 Å². The number of nitrogens with one attached hydrogen (secondary N) is 1. The van der Waals surface area contributed by atoms with Gasteiger partial charge in [0.05, 0.1) is 6.26 Å². The van der Waals surface area contributed by atoms with Gasteiger partial charge in [0.15, 0.2) is 0 Å². The van der Waals surface area contributed by atoms with E-state index in [9.17, 15) is 8.42 Å². The van der Waals surface area contributed by atoms with Crippen LogP contribution in [-0.4, -0.2) is 44.7 Å². The van der Waals surface area contributed by atoms with Gasteiger partial charge in [-0.3, -0.25) is 0 Å². The topological polar surface area (TPSA) is 49.4 Å². The van der Waals surface area contributed by atoms with Crippen LogP contribution in [0.5, 0.6) is 0 Å². The third kappa shape index (κ3) is 4.43. The first-order valence-electron chi connectivity index (χ1n) is 7.67. The lowest BCUT2D eigenvalue weighted by Crippen LogP contribution is -2.44. The highest BCUT2D eigenvalue weighted by Gasteiger charge is 2.29. The van der Waals surface area contributed by atoms with Crippen LogP contribution in [0.15, 0.2) is 0 Å². The van der Waals surface area contributed by atoms with Gasteiger partial charge < -0.3 is 5.32 Å². The van der Waals surface area contributed by atoms with E-state index in [0.717, 1.165) is 31.8 Å². The molecule has 0 bridgehead atoms. The normalized spacial score (nSPS) is 34.3. The van der Waals surface area contributed by atoms with Crippen molar-refractivity contribution in [3.8, 4) is 0 Å². The molecule has 1 N–H and O–H groups in total. The van der Waals surface area contributed by atoms with Gasteiger partial charge in [0.1, 0.15) is 0 Å². The van der Waals surface area contributed by atoms with E-state index in [4.69, 9.17) is 0 Å². The minimum absolute atomic E-state index is 0.539. The molecule has 2 aliphatic rings. The summed E-state index contributed by atoms with van der Waals surface area (Å²) in [7, 11) is -3.00. The number of sulfonamides is 1. The van der Waals surface area contributed by atoms with Crippen molar-refractivity contribution in [2.45, 2.75) is 51.5 Å². The third-order valence-electron chi connectivity index (χ3n) is 4.75. The quantitative estimate of drug-likeness (QED) is 0.858. The molecule has 4 nitrogen and oxygen atoms in total. The van der Waals surface area contributed by atoms with Gasteiger partial charge in [0, 0.05) is 19.1 Å². The maximum atomic E-state index is 11.6. The molecule has 2 saturated heterocycles. The van der Waals surface area contributed by atoms with Gasteiger partial charge in [0.2, 0.25) is 10.0 Å². The van der Waals surface area contributed by atoms with E-state index < -0.39 is 10.0 Å². The zero-order valence-corrected chi connectivity index (χ0v) is 13.1. The molecule has 0 saturated carbocycles. The Morgan fingerprint density at radius 2 is 2.05 bits per heavy atom. The molecule has 3 atom stereocenters. The standard InChI is InChI=1S/C14H28N2O2S/c1-3-12-6-7-15-14(9-12)10-13-5-4-8-16(11-13)19(2,17)18/h12-15H,3-11H2,1-2H3. The summed E-state index contributed by atoms with van der Waals surface area (Å²) in [4.78, 5) is 0. The Morgan fingerprint density at radius 1 is 1.26 bits per heavy atom. The van der Waals surface area contributed by atoms with E-state index in [1.165, 1.54) is 31.9 Å². The molecule has 3 unspecified atom stereocenters. The Morgan fingerprint density at radius 3 is 2.74 bits per heavy atom. The third-order valence-corrected chi connectivity index (χ3v) is 6.02. The van der Waals surface area contributed by atoms with Gasteiger partial charge >= 0.3 is 0 Å². The lowest BCUT2D eigenvalue weighted by molar-refractivity contribution is 0.206. The van der Waals surface area contributed by atoms with E-state index in [-0.39, 0.29) is 0 Å². The molecule has 2 heterocycles. The van der Waals surface area contributed by atoms with Gasteiger partial charge in [-0.2, -0.15) is 0 Å². The van der Waals surface area contributed by atoms with Crippen LogP contribution in [0, 0.1) is 11.8 Å². The fraction of sp³-hybridized carbons (Fsp3) is 1.00. The van der Waals surface area contributed by atoms with Crippen molar-refractivity contribution >= 4 is 10.0 Å². The molecule has 2 rings (SSSR count). The number of rotatable bonds is 4. The highest BCUT2D eigenvalue weighted by molar-refractivity contribution is 7.88. The fourth-order valence-corrected chi connectivity index (χ4v) is 4.51. The zero-order chi connectivity index (χ0) is 13.9. The van der Waals surface area contributed by atoms with Crippen molar-refractivity contribution in [1.29, 1.82) is 0 Å². The summed E-state index contributed by atoms with van der Waals surface area (Å²) >= 11 is 0. The van der Waals surface area contributed by atoms with Gasteiger partial charge in [-0.25, -0.2) is 12.7 Å². The summed E-state index contributed by atoms with van der Waals surface area (Å²) in [5.74, 6) is 1.40. The number of hydrogen-bond donors (Lipinski definition) is 1. The van der Waals surface area contributed by atoms with Crippen LogP contribution in [0.2, 0.25) is 0 Å². The van der Waals surface area contributed by atoms with Crippen LogP contribution < -0.4 is 5.32 Å². The van der Waals surface area contributed by atoms with E-state index >= 15 is 0 Å². The Hall–Kier alpha value is -0.130. The molecule has 0 aromatic heterocycles. The van der Waals surface area contributed by atoms with Crippen LogP contribution >= 0.6 is 0 Å². The number of hydrogen-bond acceptors (Lipinski definition) is 3. The summed E-state index contributed by atoms with van der Waals surface area (Å²) < 4.78 is 24.9. The van der Waals surface area contributed by atoms with Crippen LogP contribution in [0.4, 0.5) is 0 Å². The largest absolute Gasteiger partial charge is 0.314 e. The lowest BCUT2D eigenvalue weighted by atomic mass is 9.84. The van der Waals surface area contributed by atoms with Crippen molar-refractivity contribution in [3.05, 3.63) is 0 Å². The molecule has 0 amide bonds. The molecule has 0 aromatic rings. The van der Waals surface area contributed by atoms with E-state index in [1.807, 2.05) is 0 Å². The molecule has 112 valence electrons. The van der Waals surface area contributed by atoms with Gasteiger partial charge in [-0.1, -0.05) is 13.3 Å². The molecule has 2 aliphatic heterocycles. The predicted molar refractivity (Wildman–Crippen MR) is 78.6 cm³/mol. The van der Waals surface area contributed by atoms with Crippen molar-refractivity contribution in [1.82, 2.24) is 9.62 Å². The molecule has 0 aliphatic carbocycles. The Labute approximate surface area is 118 Å². The predicted octanol–water partition coefficient (Wildman–Crippen LogP) is 1.83. The summed E-state index contributed by atoms with van der Waals surface area (Å²) in [6.07, 6.45) is 8.52. The monoisotopic (exact) mass is 288 g/mol. The summed E-state index contributed by atoms with van der Waals surface area (Å²) in [6.45, 7) is 4.85. The summed E-state index contributed by atoms with van der Waals surface area (Å²) in [5, 5.41) is 3.62. The van der Waals surface area contributed by atoms with Crippen molar-refractivity contribution in [2.75, 3.05) is 25.9 Å². The first kappa shape index (κ1) is 15.3. The average Bonchev–Trinajstić information content (AvgIpc) is 2.38. The zero-order valence-electron chi connectivity index (χ0n) is 12.3. The molecule has 19 heavy (non-hydrogen) atoms. The average molecular weight is 288 g/mol. The molecular formula is C14H28N2O2S. The Bertz CT molecular complexity index is 383. The van der Waals surface area contributed by atoms with Crippen LogP contribution in [0.3, 0.4) is 0 Å². The maximum absolute atomic E-state index is 11.6. The SMILES string of the molecule is CCC1CCNC(CC2CCCN(S(C)(=O)=O)C2)C1. The number of nitrogens with zero attached hydrogens (tertiary/aromatic N) is 1. The van der Waals surface area contributed by atoms with E-state index in [2.05, 4.69) is 12.2 Å². The van der Waals surface area contributed by atoms with E-state index in [1.54, 1.807) is 4.31 Å². The van der Waals surface area contributed by atoms with Crippen LogP contribution in [-0.2, 0) is 10.0 Å². The molecule has 2 fully saturated rings. The van der Waals surface area contributed by atoms with Crippen LogP contribution in [0.25, 0.3) is 0 Å². The van der Waals surface area contributed by atoms with Crippen LogP contribution in [0.1, 0.15) is 45.4 Å². The Kier molecular flexibility index (Phi) is 5.26. The Balaban J connectivity index is 1.85. The van der Waals surface area contributed by atoms with Crippen molar-refractivity contribution < 1.29 is 8.42 Å². The number of piperidine rings is 2. The highest BCUT2D eigenvalue weighted by atomic mass is 32.2. The molecule has 5 heteroatoms. The second-order valence-corrected chi connectivity index (χ2v) is 8.30. The highest BCUT2D eigenvalue weighted by Crippen LogP contribution is 2.27. The first-order chi connectivity index (χ1) is 8.99. The summed E-state index contributed by atoms with van der Waals surface area (Å²) in [5.41, 5.74) is 0. The van der Waals surface area contributed by atoms with Gasteiger partial charge in [-0.15, -0.1) is 0 Å². The minimum atomic E-state index is -3.00. The fourth-order valence-electron chi connectivity index (χ4n) is 3.57. The first-order valence-corrected chi connectivity index (χ1v) is 9.52. The molecular weight excluding hydrogens is 260 g/mol.